The van der Waals surface area contributed by atoms with Gasteiger partial charge in [0, 0.05) is 22.1 Å². The minimum absolute atomic E-state index is 0.148. The van der Waals surface area contributed by atoms with E-state index in [9.17, 15) is 9.59 Å². The van der Waals surface area contributed by atoms with E-state index in [1.807, 2.05) is 91.9 Å². The highest BCUT2D eigenvalue weighted by Gasteiger charge is 2.25. The van der Waals surface area contributed by atoms with Gasteiger partial charge < -0.3 is 5.32 Å². The third-order valence-corrected chi connectivity index (χ3v) is 5.67. The highest BCUT2D eigenvalue weighted by Crippen LogP contribution is 2.39. The number of aromatic nitrogens is 1. The van der Waals surface area contributed by atoms with Crippen molar-refractivity contribution in [3.63, 3.8) is 0 Å². The predicted octanol–water partition coefficient (Wildman–Crippen LogP) is 6.56. The first-order valence-corrected chi connectivity index (χ1v) is 10.8. The molecule has 1 N–H and O–H groups in total. The third-order valence-electron chi connectivity index (χ3n) is 5.67. The monoisotopic (exact) mass is 430 g/mol. The molecule has 1 amide bonds. The van der Waals surface area contributed by atoms with E-state index in [1.54, 1.807) is 28.8 Å². The molecule has 0 saturated carbocycles. The number of amides is 1. The van der Waals surface area contributed by atoms with Crippen LogP contribution in [-0.4, -0.2) is 16.4 Å². The number of hydrogen-bond donors (Lipinski definition) is 1. The van der Waals surface area contributed by atoms with E-state index in [0.717, 1.165) is 22.0 Å². The lowest BCUT2D eigenvalue weighted by Gasteiger charge is -2.12. The lowest BCUT2D eigenvalue weighted by Crippen LogP contribution is -2.15. The van der Waals surface area contributed by atoms with Crippen LogP contribution < -0.4 is 5.32 Å². The smallest absolute Gasteiger partial charge is 0.262 e. The number of fused-ring (bicyclic) bond motifs is 1. The van der Waals surface area contributed by atoms with Gasteiger partial charge in [-0.3, -0.25) is 14.2 Å². The second kappa shape index (κ2) is 8.60. The fourth-order valence-electron chi connectivity index (χ4n) is 4.09. The van der Waals surface area contributed by atoms with Crippen molar-refractivity contribution >= 4 is 28.4 Å². The molecular formula is C29H22N2O2. The van der Waals surface area contributed by atoms with Crippen LogP contribution in [0, 0.1) is 6.92 Å². The van der Waals surface area contributed by atoms with Gasteiger partial charge in [-0.05, 0) is 42.8 Å². The predicted molar refractivity (Wildman–Crippen MR) is 133 cm³/mol. The van der Waals surface area contributed by atoms with Crippen LogP contribution in [0.4, 0.5) is 5.69 Å². The Morgan fingerprint density at radius 3 is 1.91 bits per heavy atom. The number of carbonyl (C=O) groups is 2. The SMILES string of the molecule is Cc1ccc2c(NC(=O)c3ccccc3)c(-c3ccccc3)n(C(=O)c3ccccc3)c2c1. The molecule has 0 spiro atoms. The average Bonchev–Trinajstić information content (AvgIpc) is 3.18. The van der Waals surface area contributed by atoms with Crippen LogP contribution in [0.2, 0.25) is 0 Å². The molecule has 1 aromatic heterocycles. The molecule has 33 heavy (non-hydrogen) atoms. The van der Waals surface area contributed by atoms with Crippen molar-refractivity contribution in [2.24, 2.45) is 0 Å². The first-order chi connectivity index (χ1) is 16.1. The molecule has 160 valence electrons. The number of hydrogen-bond acceptors (Lipinski definition) is 2. The summed E-state index contributed by atoms with van der Waals surface area (Å²) in [6.45, 7) is 1.99. The fourth-order valence-corrected chi connectivity index (χ4v) is 4.09. The number of nitrogens with zero attached hydrogens (tertiary/aromatic N) is 1. The van der Waals surface area contributed by atoms with Gasteiger partial charge in [0.15, 0.2) is 0 Å². The molecule has 0 unspecified atom stereocenters. The van der Waals surface area contributed by atoms with E-state index >= 15 is 0 Å². The molecule has 0 saturated heterocycles. The molecule has 0 fully saturated rings. The van der Waals surface area contributed by atoms with Crippen molar-refractivity contribution in [1.82, 2.24) is 4.57 Å². The second-order valence-electron chi connectivity index (χ2n) is 7.94. The van der Waals surface area contributed by atoms with Gasteiger partial charge in [0.1, 0.15) is 0 Å². The Kier molecular flexibility index (Phi) is 5.33. The fraction of sp³-hybridized carbons (Fsp3) is 0.0345. The molecule has 4 nitrogen and oxygen atoms in total. The lowest BCUT2D eigenvalue weighted by molar-refractivity contribution is 0.0965. The van der Waals surface area contributed by atoms with Crippen molar-refractivity contribution < 1.29 is 9.59 Å². The van der Waals surface area contributed by atoms with Crippen LogP contribution in [0.1, 0.15) is 26.3 Å². The summed E-state index contributed by atoms with van der Waals surface area (Å²) < 4.78 is 1.72. The molecule has 4 aromatic carbocycles. The third kappa shape index (κ3) is 3.83. The van der Waals surface area contributed by atoms with Crippen molar-refractivity contribution in [2.45, 2.75) is 6.92 Å². The minimum atomic E-state index is -0.223. The summed E-state index contributed by atoms with van der Waals surface area (Å²) in [7, 11) is 0. The molecule has 0 aliphatic carbocycles. The van der Waals surface area contributed by atoms with Gasteiger partial charge in [-0.25, -0.2) is 0 Å². The molecule has 0 aliphatic heterocycles. The van der Waals surface area contributed by atoms with Gasteiger partial charge in [-0.2, -0.15) is 0 Å². The summed E-state index contributed by atoms with van der Waals surface area (Å²) >= 11 is 0. The summed E-state index contributed by atoms with van der Waals surface area (Å²) in [5.74, 6) is -0.371. The molecule has 0 atom stereocenters. The quantitative estimate of drug-likeness (QED) is 0.351. The van der Waals surface area contributed by atoms with E-state index in [0.29, 0.717) is 22.5 Å². The van der Waals surface area contributed by atoms with Crippen LogP contribution in [-0.2, 0) is 0 Å². The summed E-state index contributed by atoms with van der Waals surface area (Å²) in [6.07, 6.45) is 0. The Balaban J connectivity index is 1.79. The normalized spacial score (nSPS) is 10.8. The number of rotatable bonds is 4. The van der Waals surface area contributed by atoms with Crippen LogP contribution in [0.15, 0.2) is 109 Å². The molecular weight excluding hydrogens is 408 g/mol. The Morgan fingerprint density at radius 2 is 1.27 bits per heavy atom. The summed E-state index contributed by atoms with van der Waals surface area (Å²) in [4.78, 5) is 26.9. The summed E-state index contributed by atoms with van der Waals surface area (Å²) in [5.41, 5.74) is 5.05. The van der Waals surface area contributed by atoms with Crippen LogP contribution in [0.25, 0.3) is 22.2 Å². The van der Waals surface area contributed by atoms with E-state index in [-0.39, 0.29) is 11.8 Å². The number of aryl methyl sites for hydroxylation is 1. The van der Waals surface area contributed by atoms with Gasteiger partial charge in [0.05, 0.1) is 16.9 Å². The van der Waals surface area contributed by atoms with Gasteiger partial charge in [0.25, 0.3) is 11.8 Å². The Labute approximate surface area is 192 Å². The number of benzene rings is 4. The van der Waals surface area contributed by atoms with Gasteiger partial charge >= 0.3 is 0 Å². The zero-order valence-electron chi connectivity index (χ0n) is 18.2. The molecule has 0 radical (unpaired) electrons. The number of anilines is 1. The summed E-state index contributed by atoms with van der Waals surface area (Å²) in [6, 6.07) is 33.9. The van der Waals surface area contributed by atoms with Crippen molar-refractivity contribution in [1.29, 1.82) is 0 Å². The first-order valence-electron chi connectivity index (χ1n) is 10.8. The topological polar surface area (TPSA) is 51.1 Å². The lowest BCUT2D eigenvalue weighted by atomic mass is 10.1. The largest absolute Gasteiger partial charge is 0.320 e. The van der Waals surface area contributed by atoms with E-state index in [2.05, 4.69) is 5.32 Å². The standard InChI is InChI=1S/C29H22N2O2/c1-20-17-18-24-25(19-20)31(29(33)23-15-9-4-10-16-23)27(21-11-5-2-6-12-21)26(24)30-28(32)22-13-7-3-8-14-22/h2-19H,1H3,(H,30,32). The van der Waals surface area contributed by atoms with Crippen LogP contribution in [0.5, 0.6) is 0 Å². The first kappa shape index (κ1) is 20.5. The summed E-state index contributed by atoms with van der Waals surface area (Å²) in [5, 5.41) is 3.92. The molecule has 0 bridgehead atoms. The molecule has 5 rings (SSSR count). The Bertz CT molecular complexity index is 1450. The average molecular weight is 431 g/mol. The molecule has 1 heterocycles. The van der Waals surface area contributed by atoms with E-state index in [1.165, 1.54) is 0 Å². The van der Waals surface area contributed by atoms with Gasteiger partial charge in [-0.15, -0.1) is 0 Å². The second-order valence-corrected chi connectivity index (χ2v) is 7.94. The molecule has 4 heteroatoms. The number of nitrogens with one attached hydrogen (secondary N) is 1. The zero-order chi connectivity index (χ0) is 22.8. The zero-order valence-corrected chi connectivity index (χ0v) is 18.2. The van der Waals surface area contributed by atoms with Gasteiger partial charge in [-0.1, -0.05) is 78.9 Å². The maximum absolute atomic E-state index is 13.8. The van der Waals surface area contributed by atoms with E-state index in [4.69, 9.17) is 0 Å². The Hall–Kier alpha value is -4.44. The molecule has 5 aromatic rings. The minimum Gasteiger partial charge on any atom is -0.320 e. The van der Waals surface area contributed by atoms with Crippen molar-refractivity contribution in [2.75, 3.05) is 5.32 Å². The van der Waals surface area contributed by atoms with Crippen LogP contribution >= 0.6 is 0 Å². The highest BCUT2D eigenvalue weighted by molar-refractivity contribution is 6.17. The molecule has 0 aliphatic rings. The highest BCUT2D eigenvalue weighted by atomic mass is 16.2. The number of carbonyl (C=O) groups excluding carboxylic acids is 2. The van der Waals surface area contributed by atoms with E-state index < -0.39 is 0 Å². The van der Waals surface area contributed by atoms with Crippen molar-refractivity contribution in [3.05, 3.63) is 126 Å². The van der Waals surface area contributed by atoms with Gasteiger partial charge in [0.2, 0.25) is 0 Å². The van der Waals surface area contributed by atoms with Crippen molar-refractivity contribution in [3.8, 4) is 11.3 Å². The maximum Gasteiger partial charge on any atom is 0.262 e. The Morgan fingerprint density at radius 1 is 0.697 bits per heavy atom. The maximum atomic E-state index is 13.8. The van der Waals surface area contributed by atoms with Crippen LogP contribution in [0.3, 0.4) is 0 Å².